The van der Waals surface area contributed by atoms with Crippen molar-refractivity contribution in [3.8, 4) is 11.8 Å². The Morgan fingerprint density at radius 3 is 2.52 bits per heavy atom. The minimum atomic E-state index is -0.943. The van der Waals surface area contributed by atoms with E-state index in [0.717, 1.165) is 37.1 Å². The fraction of sp³-hybridized carbons (Fsp3) is 0.632. The number of hydrogen-bond donors (Lipinski definition) is 1. The molecule has 4 heteroatoms. The molecule has 1 atom stereocenters. The van der Waals surface area contributed by atoms with Crippen LogP contribution in [-0.2, 0) is 12.0 Å². The molecule has 1 aliphatic carbocycles. The lowest BCUT2D eigenvalue weighted by Crippen LogP contribution is -2.49. The Hall–Kier alpha value is -1.57. The van der Waals surface area contributed by atoms with Crippen LogP contribution in [-0.4, -0.2) is 37.3 Å². The second kappa shape index (κ2) is 5.51. The Balaban J connectivity index is 2.17. The van der Waals surface area contributed by atoms with Crippen molar-refractivity contribution in [2.75, 3.05) is 27.2 Å². The highest BCUT2D eigenvalue weighted by Gasteiger charge is 2.57. The molecule has 1 heterocycles. The Morgan fingerprint density at radius 1 is 1.30 bits per heavy atom. The van der Waals surface area contributed by atoms with Crippen LogP contribution in [0.5, 0.6) is 5.75 Å². The Bertz CT molecular complexity index is 654. The summed E-state index contributed by atoms with van der Waals surface area (Å²) in [5.41, 5.74) is 1.24. The zero-order valence-electron chi connectivity index (χ0n) is 14.5. The molecule has 1 saturated heterocycles. The van der Waals surface area contributed by atoms with Gasteiger partial charge in [0.25, 0.3) is 0 Å². The number of ether oxygens (including phenoxy) is 1. The summed E-state index contributed by atoms with van der Waals surface area (Å²) in [5, 5.41) is 21.4. The maximum absolute atomic E-state index is 11.9. The standard InChI is InChI=1S/C19H26N2O2/c1-18(2)11-15-13(12-20)5-6-16(23-4)17(15)19(18,22)14-7-9-21(3)10-8-14/h5-6,14,22H,7-11H2,1-4H3. The average molecular weight is 314 g/mol. The van der Waals surface area contributed by atoms with Gasteiger partial charge in [0.1, 0.15) is 11.4 Å². The first-order valence-corrected chi connectivity index (χ1v) is 8.36. The molecular weight excluding hydrogens is 288 g/mol. The highest BCUT2D eigenvalue weighted by molar-refractivity contribution is 5.57. The summed E-state index contributed by atoms with van der Waals surface area (Å²) in [6.07, 6.45) is 2.65. The van der Waals surface area contributed by atoms with Crippen LogP contribution in [0.2, 0.25) is 0 Å². The number of benzene rings is 1. The van der Waals surface area contributed by atoms with Gasteiger partial charge in [0.2, 0.25) is 0 Å². The van der Waals surface area contributed by atoms with Gasteiger partial charge in [-0.2, -0.15) is 5.26 Å². The number of aliphatic hydroxyl groups is 1. The Labute approximate surface area is 138 Å². The van der Waals surface area contributed by atoms with Gasteiger partial charge in [-0.15, -0.1) is 0 Å². The maximum Gasteiger partial charge on any atom is 0.125 e. The van der Waals surface area contributed by atoms with Crippen LogP contribution in [0.1, 0.15) is 43.4 Å². The number of nitriles is 1. The monoisotopic (exact) mass is 314 g/mol. The third-order valence-corrected chi connectivity index (χ3v) is 5.96. The summed E-state index contributed by atoms with van der Waals surface area (Å²) >= 11 is 0. The SMILES string of the molecule is COc1ccc(C#N)c2c1C(O)(C1CCN(C)CC1)C(C)(C)C2. The molecule has 0 spiro atoms. The van der Waals surface area contributed by atoms with Crippen LogP contribution in [0.15, 0.2) is 12.1 Å². The molecule has 4 nitrogen and oxygen atoms in total. The van der Waals surface area contributed by atoms with Crippen molar-refractivity contribution in [2.45, 2.75) is 38.7 Å². The van der Waals surface area contributed by atoms with E-state index in [4.69, 9.17) is 4.74 Å². The summed E-state index contributed by atoms with van der Waals surface area (Å²) in [6.45, 7) is 6.23. The molecule has 2 aliphatic rings. The van der Waals surface area contributed by atoms with Crippen LogP contribution in [0.25, 0.3) is 0 Å². The van der Waals surface area contributed by atoms with E-state index in [1.165, 1.54) is 0 Å². The maximum atomic E-state index is 11.9. The van der Waals surface area contributed by atoms with Crippen LogP contribution in [0.4, 0.5) is 0 Å². The molecule has 124 valence electrons. The molecule has 23 heavy (non-hydrogen) atoms. The molecule has 1 N–H and O–H groups in total. The van der Waals surface area contributed by atoms with Gasteiger partial charge in [-0.3, -0.25) is 0 Å². The van der Waals surface area contributed by atoms with Gasteiger partial charge in [-0.1, -0.05) is 13.8 Å². The summed E-state index contributed by atoms with van der Waals surface area (Å²) in [7, 11) is 3.77. The number of nitrogens with zero attached hydrogens (tertiary/aromatic N) is 2. The van der Waals surface area contributed by atoms with Crippen molar-refractivity contribution in [3.63, 3.8) is 0 Å². The number of piperidine rings is 1. The smallest absolute Gasteiger partial charge is 0.125 e. The molecular formula is C19H26N2O2. The average Bonchev–Trinajstić information content (AvgIpc) is 2.75. The molecule has 1 aromatic rings. The first-order chi connectivity index (χ1) is 10.8. The topological polar surface area (TPSA) is 56.5 Å². The number of likely N-dealkylation sites (tertiary alicyclic amines) is 1. The Kier molecular flexibility index (Phi) is 3.90. The van der Waals surface area contributed by atoms with E-state index in [0.29, 0.717) is 17.7 Å². The van der Waals surface area contributed by atoms with Crippen LogP contribution in [0, 0.1) is 22.7 Å². The highest BCUT2D eigenvalue weighted by Crippen LogP contribution is 2.59. The molecule has 0 radical (unpaired) electrons. The lowest BCUT2D eigenvalue weighted by Gasteiger charge is -2.46. The lowest BCUT2D eigenvalue weighted by molar-refractivity contribution is -0.122. The number of methoxy groups -OCH3 is 1. The van der Waals surface area contributed by atoms with Crippen molar-refractivity contribution >= 4 is 0 Å². The minimum Gasteiger partial charge on any atom is -0.496 e. The summed E-state index contributed by atoms with van der Waals surface area (Å²) in [6, 6.07) is 5.93. The van der Waals surface area contributed by atoms with Gasteiger partial charge in [0, 0.05) is 11.0 Å². The molecule has 0 aromatic heterocycles. The van der Waals surface area contributed by atoms with Crippen LogP contribution in [0.3, 0.4) is 0 Å². The highest BCUT2D eigenvalue weighted by atomic mass is 16.5. The van der Waals surface area contributed by atoms with E-state index in [1.807, 2.05) is 12.1 Å². The van der Waals surface area contributed by atoms with Crippen molar-refractivity contribution < 1.29 is 9.84 Å². The second-order valence-corrected chi connectivity index (χ2v) is 7.69. The summed E-state index contributed by atoms with van der Waals surface area (Å²) in [5.74, 6) is 0.906. The molecule has 1 unspecified atom stereocenters. The van der Waals surface area contributed by atoms with Crippen molar-refractivity contribution in [1.82, 2.24) is 4.90 Å². The first kappa shape index (κ1) is 16.3. The van der Waals surface area contributed by atoms with E-state index in [2.05, 4.69) is 31.9 Å². The molecule has 0 amide bonds. The van der Waals surface area contributed by atoms with Crippen LogP contribution < -0.4 is 4.74 Å². The van der Waals surface area contributed by atoms with Crippen molar-refractivity contribution in [2.24, 2.45) is 11.3 Å². The van der Waals surface area contributed by atoms with E-state index in [-0.39, 0.29) is 11.3 Å². The molecule has 0 bridgehead atoms. The summed E-state index contributed by atoms with van der Waals surface area (Å²) in [4.78, 5) is 2.31. The first-order valence-electron chi connectivity index (χ1n) is 8.36. The Morgan fingerprint density at radius 2 is 1.96 bits per heavy atom. The third-order valence-electron chi connectivity index (χ3n) is 5.96. The number of rotatable bonds is 2. The fourth-order valence-electron chi connectivity index (χ4n) is 4.60. The molecule has 1 fully saturated rings. The molecule has 3 rings (SSSR count). The van der Waals surface area contributed by atoms with Crippen molar-refractivity contribution in [1.29, 1.82) is 5.26 Å². The number of hydrogen-bond acceptors (Lipinski definition) is 4. The van der Waals surface area contributed by atoms with E-state index < -0.39 is 5.60 Å². The molecule has 1 aliphatic heterocycles. The second-order valence-electron chi connectivity index (χ2n) is 7.69. The minimum absolute atomic E-state index is 0.192. The third kappa shape index (κ3) is 2.26. The number of fused-ring (bicyclic) bond motifs is 1. The van der Waals surface area contributed by atoms with E-state index in [1.54, 1.807) is 7.11 Å². The quantitative estimate of drug-likeness (QED) is 0.912. The predicted octanol–water partition coefficient (Wildman–Crippen LogP) is 2.68. The molecule has 1 aromatic carbocycles. The van der Waals surface area contributed by atoms with Gasteiger partial charge in [-0.25, -0.2) is 0 Å². The normalized spacial score (nSPS) is 27.5. The summed E-state index contributed by atoms with van der Waals surface area (Å²) < 4.78 is 5.58. The fourth-order valence-corrected chi connectivity index (χ4v) is 4.60. The lowest BCUT2D eigenvalue weighted by atomic mass is 9.65. The predicted molar refractivity (Wildman–Crippen MR) is 89.3 cm³/mol. The molecule has 0 saturated carbocycles. The van der Waals surface area contributed by atoms with Crippen LogP contribution >= 0.6 is 0 Å². The van der Waals surface area contributed by atoms with Gasteiger partial charge >= 0.3 is 0 Å². The van der Waals surface area contributed by atoms with Crippen molar-refractivity contribution in [3.05, 3.63) is 28.8 Å². The van der Waals surface area contributed by atoms with E-state index in [9.17, 15) is 10.4 Å². The van der Waals surface area contributed by atoms with Gasteiger partial charge in [0.15, 0.2) is 0 Å². The van der Waals surface area contributed by atoms with Gasteiger partial charge in [0.05, 0.1) is 18.7 Å². The van der Waals surface area contributed by atoms with E-state index >= 15 is 0 Å². The zero-order chi connectivity index (χ0) is 16.8. The zero-order valence-corrected chi connectivity index (χ0v) is 14.5. The largest absolute Gasteiger partial charge is 0.496 e. The van der Waals surface area contributed by atoms with Gasteiger partial charge in [-0.05, 0) is 63.0 Å². The van der Waals surface area contributed by atoms with Gasteiger partial charge < -0.3 is 14.7 Å².